The van der Waals surface area contributed by atoms with E-state index in [1.807, 2.05) is 19.1 Å². The van der Waals surface area contributed by atoms with Crippen LogP contribution in [-0.2, 0) is 4.79 Å². The minimum Gasteiger partial charge on any atom is -0.326 e. The second-order valence-electron chi connectivity index (χ2n) is 5.62. The highest BCUT2D eigenvalue weighted by atomic mass is 19.1. The molecule has 0 bridgehead atoms. The normalized spacial score (nSPS) is 11.5. The van der Waals surface area contributed by atoms with Gasteiger partial charge in [-0.3, -0.25) is 9.78 Å². The van der Waals surface area contributed by atoms with E-state index in [1.165, 1.54) is 30.0 Å². The Morgan fingerprint density at radius 2 is 1.88 bits per heavy atom. The topological polar surface area (TPSA) is 74.3 Å². The first-order valence-electron chi connectivity index (χ1n) is 7.93. The Kier molecular flexibility index (Phi) is 6.05. The van der Waals surface area contributed by atoms with E-state index in [1.54, 1.807) is 19.4 Å². The number of amides is 3. The standard InChI is InChI=1S/C18H21FN4O2/c1-4-17(13-7-9-20-10-8-13)23(3)18(25)22-16-11-14(21-12(2)24)5-6-15(16)19/h5-11,17H,4H2,1-3H3,(H,21,24)(H,22,25). The van der Waals surface area contributed by atoms with Crippen molar-refractivity contribution in [2.24, 2.45) is 0 Å². The summed E-state index contributed by atoms with van der Waals surface area (Å²) in [5.41, 5.74) is 1.36. The summed E-state index contributed by atoms with van der Waals surface area (Å²) in [4.78, 5) is 29.1. The molecule has 0 aliphatic heterocycles. The lowest BCUT2D eigenvalue weighted by Gasteiger charge is -2.28. The van der Waals surface area contributed by atoms with Gasteiger partial charge in [0.15, 0.2) is 0 Å². The Hall–Kier alpha value is -2.96. The lowest BCUT2D eigenvalue weighted by Crippen LogP contribution is -2.35. The summed E-state index contributed by atoms with van der Waals surface area (Å²) in [7, 11) is 1.65. The van der Waals surface area contributed by atoms with Gasteiger partial charge >= 0.3 is 6.03 Å². The second-order valence-corrected chi connectivity index (χ2v) is 5.62. The third-order valence-corrected chi connectivity index (χ3v) is 3.79. The quantitative estimate of drug-likeness (QED) is 0.866. The summed E-state index contributed by atoms with van der Waals surface area (Å²) in [5.74, 6) is -0.849. The van der Waals surface area contributed by atoms with Crippen molar-refractivity contribution in [2.45, 2.75) is 26.3 Å². The van der Waals surface area contributed by atoms with E-state index >= 15 is 0 Å². The summed E-state index contributed by atoms with van der Waals surface area (Å²) in [6.07, 6.45) is 4.03. The summed E-state index contributed by atoms with van der Waals surface area (Å²) in [6, 6.07) is 7.09. The SMILES string of the molecule is CCC(c1ccncc1)N(C)C(=O)Nc1cc(NC(C)=O)ccc1F. The molecule has 25 heavy (non-hydrogen) atoms. The number of carbonyl (C=O) groups excluding carboxylic acids is 2. The van der Waals surface area contributed by atoms with Crippen LogP contribution in [0.1, 0.15) is 31.9 Å². The zero-order valence-corrected chi connectivity index (χ0v) is 14.4. The van der Waals surface area contributed by atoms with Crippen LogP contribution in [0, 0.1) is 5.82 Å². The maximum absolute atomic E-state index is 14.0. The van der Waals surface area contributed by atoms with Crippen molar-refractivity contribution in [2.75, 3.05) is 17.7 Å². The largest absolute Gasteiger partial charge is 0.326 e. The number of hydrogen-bond donors (Lipinski definition) is 2. The van der Waals surface area contributed by atoms with Crippen molar-refractivity contribution in [3.63, 3.8) is 0 Å². The average Bonchev–Trinajstić information content (AvgIpc) is 2.59. The maximum atomic E-state index is 14.0. The number of carbonyl (C=O) groups is 2. The van der Waals surface area contributed by atoms with Gasteiger partial charge in [-0.05, 0) is 42.3 Å². The predicted molar refractivity (Wildman–Crippen MR) is 94.8 cm³/mol. The van der Waals surface area contributed by atoms with Gasteiger partial charge in [0.05, 0.1) is 11.7 Å². The molecule has 1 aromatic carbocycles. The molecule has 6 nitrogen and oxygen atoms in total. The van der Waals surface area contributed by atoms with Crippen LogP contribution in [0.2, 0.25) is 0 Å². The first-order valence-corrected chi connectivity index (χ1v) is 7.93. The number of nitrogens with one attached hydrogen (secondary N) is 2. The van der Waals surface area contributed by atoms with Crippen LogP contribution >= 0.6 is 0 Å². The van der Waals surface area contributed by atoms with E-state index in [0.29, 0.717) is 12.1 Å². The van der Waals surface area contributed by atoms with Crippen molar-refractivity contribution < 1.29 is 14.0 Å². The number of anilines is 2. The van der Waals surface area contributed by atoms with E-state index < -0.39 is 11.8 Å². The molecule has 0 spiro atoms. The molecule has 0 aliphatic rings. The minimum absolute atomic E-state index is 0.00711. The minimum atomic E-state index is -0.576. The molecule has 0 radical (unpaired) electrons. The smallest absolute Gasteiger partial charge is 0.322 e. The number of rotatable bonds is 5. The van der Waals surface area contributed by atoms with Crippen molar-refractivity contribution in [1.82, 2.24) is 9.88 Å². The molecule has 1 unspecified atom stereocenters. The summed E-state index contributed by atoms with van der Waals surface area (Å²) in [5, 5.41) is 5.11. The Labute approximate surface area is 146 Å². The third kappa shape index (κ3) is 4.76. The van der Waals surface area contributed by atoms with Gasteiger partial charge in [-0.2, -0.15) is 0 Å². The Morgan fingerprint density at radius 3 is 2.48 bits per heavy atom. The molecular weight excluding hydrogens is 323 g/mol. The molecule has 1 aromatic heterocycles. The summed E-state index contributed by atoms with van der Waals surface area (Å²) >= 11 is 0. The summed E-state index contributed by atoms with van der Waals surface area (Å²) < 4.78 is 14.0. The van der Waals surface area contributed by atoms with Gasteiger partial charge in [0.2, 0.25) is 5.91 Å². The molecule has 1 atom stereocenters. The van der Waals surface area contributed by atoms with Crippen LogP contribution in [-0.4, -0.2) is 28.9 Å². The van der Waals surface area contributed by atoms with Gasteiger partial charge in [-0.25, -0.2) is 9.18 Å². The molecule has 1 heterocycles. The number of hydrogen-bond acceptors (Lipinski definition) is 3. The van der Waals surface area contributed by atoms with E-state index in [2.05, 4.69) is 15.6 Å². The van der Waals surface area contributed by atoms with Gasteiger partial charge in [0, 0.05) is 32.1 Å². The third-order valence-electron chi connectivity index (χ3n) is 3.79. The monoisotopic (exact) mass is 344 g/mol. The highest BCUT2D eigenvalue weighted by molar-refractivity contribution is 5.92. The van der Waals surface area contributed by atoms with Crippen molar-refractivity contribution in [1.29, 1.82) is 0 Å². The lowest BCUT2D eigenvalue weighted by molar-refractivity contribution is -0.114. The number of nitrogens with zero attached hydrogens (tertiary/aromatic N) is 2. The van der Waals surface area contributed by atoms with Crippen LogP contribution in [0.15, 0.2) is 42.7 Å². The summed E-state index contributed by atoms with van der Waals surface area (Å²) in [6.45, 7) is 3.32. The zero-order valence-electron chi connectivity index (χ0n) is 14.4. The van der Waals surface area contributed by atoms with Crippen LogP contribution in [0.4, 0.5) is 20.6 Å². The molecule has 3 amide bonds. The van der Waals surface area contributed by atoms with Crippen molar-refractivity contribution in [3.8, 4) is 0 Å². The lowest BCUT2D eigenvalue weighted by atomic mass is 10.1. The number of aromatic nitrogens is 1. The van der Waals surface area contributed by atoms with E-state index in [9.17, 15) is 14.0 Å². The molecule has 2 aromatic rings. The Bertz CT molecular complexity index is 752. The zero-order chi connectivity index (χ0) is 18.4. The maximum Gasteiger partial charge on any atom is 0.322 e. The fourth-order valence-electron chi connectivity index (χ4n) is 2.57. The molecule has 7 heteroatoms. The molecule has 0 saturated heterocycles. The highest BCUT2D eigenvalue weighted by Crippen LogP contribution is 2.25. The van der Waals surface area contributed by atoms with Crippen molar-refractivity contribution in [3.05, 3.63) is 54.1 Å². The van der Waals surface area contributed by atoms with Crippen LogP contribution in [0.5, 0.6) is 0 Å². The van der Waals surface area contributed by atoms with Crippen LogP contribution in [0.25, 0.3) is 0 Å². The average molecular weight is 344 g/mol. The molecule has 0 aliphatic carbocycles. The Balaban J connectivity index is 2.16. The molecule has 2 rings (SSSR count). The fourth-order valence-corrected chi connectivity index (χ4v) is 2.57. The number of pyridine rings is 1. The second kappa shape index (κ2) is 8.23. The van der Waals surface area contributed by atoms with Gasteiger partial charge in [-0.1, -0.05) is 6.92 Å². The predicted octanol–water partition coefficient (Wildman–Crippen LogP) is 3.79. The molecular formula is C18H21FN4O2. The first kappa shape index (κ1) is 18.4. The van der Waals surface area contributed by atoms with Gasteiger partial charge < -0.3 is 15.5 Å². The van der Waals surface area contributed by atoms with Crippen LogP contribution in [0.3, 0.4) is 0 Å². The molecule has 0 fully saturated rings. The first-order chi connectivity index (χ1) is 11.9. The fraction of sp³-hybridized carbons (Fsp3) is 0.278. The number of benzene rings is 1. The van der Waals surface area contributed by atoms with Gasteiger partial charge in [0.25, 0.3) is 0 Å². The van der Waals surface area contributed by atoms with Crippen molar-refractivity contribution >= 4 is 23.3 Å². The highest BCUT2D eigenvalue weighted by Gasteiger charge is 2.21. The van der Waals surface area contributed by atoms with Gasteiger partial charge in [0.1, 0.15) is 5.82 Å². The number of halogens is 1. The van der Waals surface area contributed by atoms with E-state index in [4.69, 9.17) is 0 Å². The molecule has 132 valence electrons. The Morgan fingerprint density at radius 1 is 1.20 bits per heavy atom. The van der Waals surface area contributed by atoms with Gasteiger partial charge in [-0.15, -0.1) is 0 Å². The molecule has 2 N–H and O–H groups in total. The van der Waals surface area contributed by atoms with E-state index in [-0.39, 0.29) is 17.6 Å². The van der Waals surface area contributed by atoms with Crippen LogP contribution < -0.4 is 10.6 Å². The van der Waals surface area contributed by atoms with E-state index in [0.717, 1.165) is 5.56 Å². The molecule has 0 saturated carbocycles. The number of urea groups is 1.